The Kier molecular flexibility index (Phi) is 3.23. The number of nitrogens with one attached hydrogen (secondary N) is 1. The summed E-state index contributed by atoms with van der Waals surface area (Å²) in [6, 6.07) is 5.16. The van der Waals surface area contributed by atoms with Crippen LogP contribution in [0.15, 0.2) is 27.6 Å². The zero-order valence-corrected chi connectivity index (χ0v) is 11.0. The summed E-state index contributed by atoms with van der Waals surface area (Å²) < 4.78 is 24.8. The first kappa shape index (κ1) is 11.9. The third kappa shape index (κ3) is 2.23. The van der Waals surface area contributed by atoms with E-state index in [4.69, 9.17) is 5.73 Å². The lowest BCUT2D eigenvalue weighted by Crippen LogP contribution is -2.35. The number of hydrogen-bond acceptors (Lipinski definition) is 4. The summed E-state index contributed by atoms with van der Waals surface area (Å²) in [5, 5.41) is 3.20. The number of nitrogens with two attached hydrogens (primary N) is 1. The van der Waals surface area contributed by atoms with E-state index >= 15 is 0 Å². The molecule has 4 nitrogen and oxygen atoms in total. The van der Waals surface area contributed by atoms with Gasteiger partial charge in [0, 0.05) is 10.5 Å². The molecule has 0 saturated heterocycles. The Balaban J connectivity index is 2.44. The highest BCUT2D eigenvalue weighted by atomic mass is 79.9. The summed E-state index contributed by atoms with van der Waals surface area (Å²) in [6.07, 6.45) is 0.661. The molecule has 1 aromatic rings. The lowest BCUT2D eigenvalue weighted by atomic mass is 10.2. The molecular weight excluding hydrogens is 292 g/mol. The van der Waals surface area contributed by atoms with Crippen molar-refractivity contribution in [3.63, 3.8) is 0 Å². The van der Waals surface area contributed by atoms with Gasteiger partial charge in [0.25, 0.3) is 0 Å². The molecule has 16 heavy (non-hydrogen) atoms. The lowest BCUT2D eigenvalue weighted by molar-refractivity contribution is 0.580. The average molecular weight is 305 g/mol. The maximum atomic E-state index is 12.0. The first-order chi connectivity index (χ1) is 7.53. The van der Waals surface area contributed by atoms with Crippen LogP contribution in [0.5, 0.6) is 0 Å². The molecule has 0 saturated carbocycles. The Morgan fingerprint density at radius 1 is 1.50 bits per heavy atom. The summed E-state index contributed by atoms with van der Waals surface area (Å²) in [5.74, 6) is 0.119. The molecule has 0 fully saturated rings. The molecule has 2 rings (SSSR count). The first-order valence-electron chi connectivity index (χ1n) is 5.02. The summed E-state index contributed by atoms with van der Waals surface area (Å²) >= 11 is 3.28. The third-order valence-electron chi connectivity index (χ3n) is 2.57. The summed E-state index contributed by atoms with van der Waals surface area (Å²) in [6.45, 7) is 0.485. The maximum Gasteiger partial charge on any atom is 0.182 e. The number of fused-ring (bicyclic) bond motifs is 1. The molecule has 3 N–H and O–H groups in total. The van der Waals surface area contributed by atoms with Gasteiger partial charge in [-0.2, -0.15) is 0 Å². The highest BCUT2D eigenvalue weighted by Crippen LogP contribution is 2.31. The number of sulfone groups is 1. The van der Waals surface area contributed by atoms with Crippen LogP contribution >= 0.6 is 15.9 Å². The van der Waals surface area contributed by atoms with Gasteiger partial charge < -0.3 is 11.1 Å². The smallest absolute Gasteiger partial charge is 0.182 e. The van der Waals surface area contributed by atoms with Crippen LogP contribution in [0, 0.1) is 0 Å². The van der Waals surface area contributed by atoms with Crippen LogP contribution < -0.4 is 11.1 Å². The van der Waals surface area contributed by atoms with Crippen LogP contribution in [-0.4, -0.2) is 26.8 Å². The standard InChI is InChI=1S/C10H13BrN2O2S/c11-7-1-2-9-10(5-7)16(14,15)6-8(13-9)3-4-12/h1-2,5,8,13H,3-4,6,12H2. The van der Waals surface area contributed by atoms with E-state index in [0.717, 1.165) is 4.47 Å². The fourth-order valence-electron chi connectivity index (χ4n) is 1.85. The largest absolute Gasteiger partial charge is 0.380 e. The quantitative estimate of drug-likeness (QED) is 0.865. The van der Waals surface area contributed by atoms with E-state index in [1.807, 2.05) is 6.07 Å². The molecule has 1 aliphatic heterocycles. The third-order valence-corrected chi connectivity index (χ3v) is 4.92. The van der Waals surface area contributed by atoms with Gasteiger partial charge in [-0.05, 0) is 31.2 Å². The molecule has 1 atom stereocenters. The molecule has 1 heterocycles. The second-order valence-electron chi connectivity index (χ2n) is 3.84. The van der Waals surface area contributed by atoms with Gasteiger partial charge in [-0.25, -0.2) is 8.42 Å². The SMILES string of the molecule is NCCC1CS(=O)(=O)c2cc(Br)ccc2N1. The minimum Gasteiger partial charge on any atom is -0.380 e. The van der Waals surface area contributed by atoms with E-state index in [2.05, 4.69) is 21.2 Å². The van der Waals surface area contributed by atoms with Crippen LogP contribution in [0.1, 0.15) is 6.42 Å². The second kappa shape index (κ2) is 4.35. The lowest BCUT2D eigenvalue weighted by Gasteiger charge is -2.26. The molecule has 0 aliphatic carbocycles. The molecule has 0 radical (unpaired) electrons. The minimum atomic E-state index is -3.18. The molecule has 1 aromatic carbocycles. The molecule has 1 unspecified atom stereocenters. The van der Waals surface area contributed by atoms with Crippen molar-refractivity contribution in [2.45, 2.75) is 17.4 Å². The fraction of sp³-hybridized carbons (Fsp3) is 0.400. The molecule has 0 aromatic heterocycles. The Bertz CT molecular complexity index is 502. The van der Waals surface area contributed by atoms with Gasteiger partial charge in [0.2, 0.25) is 0 Å². The van der Waals surface area contributed by atoms with Gasteiger partial charge >= 0.3 is 0 Å². The van der Waals surface area contributed by atoms with Crippen LogP contribution in [0.25, 0.3) is 0 Å². The highest BCUT2D eigenvalue weighted by Gasteiger charge is 2.29. The maximum absolute atomic E-state index is 12.0. The summed E-state index contributed by atoms with van der Waals surface area (Å²) in [4.78, 5) is 0.371. The van der Waals surface area contributed by atoms with Gasteiger partial charge in [-0.1, -0.05) is 15.9 Å². The summed E-state index contributed by atoms with van der Waals surface area (Å²) in [7, 11) is -3.18. The topological polar surface area (TPSA) is 72.2 Å². The van der Waals surface area contributed by atoms with Crippen molar-refractivity contribution in [1.29, 1.82) is 0 Å². The minimum absolute atomic E-state index is 0.0799. The van der Waals surface area contributed by atoms with Gasteiger partial charge in [-0.15, -0.1) is 0 Å². The molecular formula is C10H13BrN2O2S. The number of benzene rings is 1. The van der Waals surface area contributed by atoms with E-state index in [9.17, 15) is 8.42 Å². The van der Waals surface area contributed by atoms with Crippen LogP contribution in [0.3, 0.4) is 0 Å². The van der Waals surface area contributed by atoms with Crippen molar-refractivity contribution in [1.82, 2.24) is 0 Å². The molecule has 88 valence electrons. The Morgan fingerprint density at radius 2 is 2.25 bits per heavy atom. The molecule has 0 bridgehead atoms. The monoisotopic (exact) mass is 304 g/mol. The van der Waals surface area contributed by atoms with Gasteiger partial charge in [0.05, 0.1) is 16.3 Å². The Morgan fingerprint density at radius 3 is 2.94 bits per heavy atom. The van der Waals surface area contributed by atoms with E-state index in [1.165, 1.54) is 0 Å². The van der Waals surface area contributed by atoms with Crippen molar-refractivity contribution in [3.05, 3.63) is 22.7 Å². The molecule has 0 amide bonds. The van der Waals surface area contributed by atoms with Crippen LogP contribution in [0.2, 0.25) is 0 Å². The predicted molar refractivity (Wildman–Crippen MR) is 67.3 cm³/mol. The Labute approximate surface area is 103 Å². The van der Waals surface area contributed by atoms with Crippen LogP contribution in [-0.2, 0) is 9.84 Å². The van der Waals surface area contributed by atoms with Gasteiger partial charge in [0.1, 0.15) is 0 Å². The van der Waals surface area contributed by atoms with Crippen molar-refractivity contribution < 1.29 is 8.42 Å². The Hall–Kier alpha value is -0.590. The molecule has 6 heteroatoms. The highest BCUT2D eigenvalue weighted by molar-refractivity contribution is 9.10. The van der Waals surface area contributed by atoms with Crippen molar-refractivity contribution >= 4 is 31.5 Å². The zero-order chi connectivity index (χ0) is 11.8. The van der Waals surface area contributed by atoms with Gasteiger partial charge in [0.15, 0.2) is 9.84 Å². The fourth-order valence-corrected chi connectivity index (χ4v) is 4.09. The second-order valence-corrected chi connectivity index (χ2v) is 6.76. The average Bonchev–Trinajstić information content (AvgIpc) is 2.19. The number of rotatable bonds is 2. The van der Waals surface area contributed by atoms with E-state index < -0.39 is 9.84 Å². The number of anilines is 1. The van der Waals surface area contributed by atoms with E-state index in [-0.39, 0.29) is 11.8 Å². The van der Waals surface area contributed by atoms with Crippen molar-refractivity contribution in [2.24, 2.45) is 5.73 Å². The molecule has 0 spiro atoms. The summed E-state index contributed by atoms with van der Waals surface area (Å²) in [5.41, 5.74) is 6.12. The first-order valence-corrected chi connectivity index (χ1v) is 7.46. The number of halogens is 1. The van der Waals surface area contributed by atoms with E-state index in [0.29, 0.717) is 23.5 Å². The molecule has 1 aliphatic rings. The predicted octanol–water partition coefficient (Wildman–Crippen LogP) is 1.37. The van der Waals surface area contributed by atoms with Crippen LogP contribution in [0.4, 0.5) is 5.69 Å². The number of hydrogen-bond donors (Lipinski definition) is 2. The van der Waals surface area contributed by atoms with Crippen molar-refractivity contribution in [2.75, 3.05) is 17.6 Å². The normalized spacial score (nSPS) is 22.2. The van der Waals surface area contributed by atoms with Crippen molar-refractivity contribution in [3.8, 4) is 0 Å². The van der Waals surface area contributed by atoms with Gasteiger partial charge in [-0.3, -0.25) is 0 Å². The zero-order valence-electron chi connectivity index (χ0n) is 8.61. The van der Waals surface area contributed by atoms with E-state index in [1.54, 1.807) is 12.1 Å².